The van der Waals surface area contributed by atoms with E-state index < -0.39 is 46.6 Å². The fourth-order valence-electron chi connectivity index (χ4n) is 7.12. The molecule has 0 aliphatic heterocycles. The van der Waals surface area contributed by atoms with Crippen LogP contribution in [-0.4, -0.2) is 71.3 Å². The van der Waals surface area contributed by atoms with Crippen molar-refractivity contribution in [3.8, 4) is 11.6 Å². The minimum atomic E-state index is -2.45. The minimum Gasteiger partial charge on any atom is -0.508 e. The molecule has 4 atom stereocenters. The Morgan fingerprint density at radius 2 is 1.79 bits per heavy atom. The van der Waals surface area contributed by atoms with Gasteiger partial charge in [-0.15, -0.1) is 0 Å². The molecule has 5 rings (SSSR count). The topological polar surface area (TPSA) is 134 Å². The molecule has 0 amide bonds. The summed E-state index contributed by atoms with van der Waals surface area (Å²) < 4.78 is 34.5. The monoisotopic (exact) mass is 719 g/mol. The molecule has 3 aliphatic carbocycles. The van der Waals surface area contributed by atoms with Gasteiger partial charge in [-0.3, -0.25) is 14.5 Å². The van der Waals surface area contributed by atoms with Crippen molar-refractivity contribution >= 4 is 27.5 Å². The van der Waals surface area contributed by atoms with Crippen LogP contribution in [0.4, 0.5) is 4.39 Å². The summed E-state index contributed by atoms with van der Waals surface area (Å²) in [6.07, 6.45) is 3.32. The van der Waals surface area contributed by atoms with Crippen LogP contribution in [0.15, 0.2) is 20.3 Å². The Bertz CT molecular complexity index is 1580. The van der Waals surface area contributed by atoms with Crippen LogP contribution in [0.25, 0.3) is 0 Å². The number of unbranched alkanes of at least 4 members (excludes halogenated alkanes) is 2. The van der Waals surface area contributed by atoms with Crippen molar-refractivity contribution in [3.05, 3.63) is 49.6 Å². The molecule has 3 aliphatic rings. The van der Waals surface area contributed by atoms with Gasteiger partial charge in [-0.2, -0.15) is 0 Å². The zero-order valence-electron chi connectivity index (χ0n) is 28.4. The van der Waals surface area contributed by atoms with Crippen molar-refractivity contribution in [2.45, 2.75) is 91.3 Å². The van der Waals surface area contributed by atoms with E-state index in [4.69, 9.17) is 14.0 Å². The summed E-state index contributed by atoms with van der Waals surface area (Å²) in [7, 11) is 3.55. The van der Waals surface area contributed by atoms with Crippen LogP contribution in [0.5, 0.6) is 11.6 Å². The molecule has 1 heterocycles. The molecule has 0 bridgehead atoms. The summed E-state index contributed by atoms with van der Waals surface area (Å²) in [5.41, 5.74) is -2.05. The number of nitrogens with zero attached hydrogens (tertiary/aromatic N) is 2. The van der Waals surface area contributed by atoms with E-state index in [1.165, 1.54) is 0 Å². The molecule has 1 aromatic carbocycles. The number of hydrogen-bond acceptors (Lipinski definition) is 10. The van der Waals surface area contributed by atoms with Crippen LogP contribution in [-0.2, 0) is 13.0 Å². The molecule has 258 valence electrons. The van der Waals surface area contributed by atoms with E-state index in [9.17, 15) is 19.8 Å². The molecule has 0 fully saturated rings. The number of aliphatic hydroxyl groups excluding tert-OH is 1. The average Bonchev–Trinajstić information content (AvgIpc) is 3.41. The van der Waals surface area contributed by atoms with E-state index in [1.54, 1.807) is 19.0 Å². The number of carbonyl (C=O) groups is 2. The second kappa shape index (κ2) is 13.6. The standard InChI is InChI=1S/C35H47BrFN3O7/c1-8-10-12-45-29-23-19(26(37)20(25(29)36)16-38-17-34(3,4)5)14-18-15-21-27(40(6)7)30-24(33(39-47-30)46-13-11-9-2)32(43)35(21,44)31(42)22(18)28(23)41/h18,21,27,38,42,44H,8-17H2,1-7H3/t18-,21-,27-,35-/m0/s1. The van der Waals surface area contributed by atoms with Gasteiger partial charge in [0.2, 0.25) is 5.78 Å². The lowest BCUT2D eigenvalue weighted by molar-refractivity contribution is -0.0559. The third-order valence-electron chi connectivity index (χ3n) is 9.45. The van der Waals surface area contributed by atoms with Gasteiger partial charge >= 0.3 is 0 Å². The summed E-state index contributed by atoms with van der Waals surface area (Å²) in [5, 5.41) is 31.5. The fraction of sp³-hybridized carbons (Fsp3) is 0.629. The number of aliphatic hydroxyl groups is 2. The first-order valence-electron chi connectivity index (χ1n) is 16.6. The fourth-order valence-corrected chi connectivity index (χ4v) is 7.74. The first kappa shape index (κ1) is 35.5. The van der Waals surface area contributed by atoms with Crippen LogP contribution in [0, 0.1) is 23.1 Å². The van der Waals surface area contributed by atoms with Crippen LogP contribution in [0.2, 0.25) is 0 Å². The summed E-state index contributed by atoms with van der Waals surface area (Å²) in [5.74, 6) is -3.93. The highest BCUT2D eigenvalue weighted by Gasteiger charge is 2.64. The third kappa shape index (κ3) is 6.15. The smallest absolute Gasteiger partial charge is 0.265 e. The van der Waals surface area contributed by atoms with Crippen molar-refractivity contribution < 1.29 is 38.2 Å². The average molecular weight is 721 g/mol. The number of fused-ring (bicyclic) bond motifs is 4. The normalized spacial score (nSPS) is 23.9. The second-order valence-corrected chi connectivity index (χ2v) is 15.2. The highest BCUT2D eigenvalue weighted by Crippen LogP contribution is 2.57. The molecule has 0 radical (unpaired) electrons. The van der Waals surface area contributed by atoms with Gasteiger partial charge in [0.25, 0.3) is 5.88 Å². The summed E-state index contributed by atoms with van der Waals surface area (Å²) in [6, 6.07) is -0.691. The summed E-state index contributed by atoms with van der Waals surface area (Å²) >= 11 is 3.55. The number of benzene rings is 1. The number of aromatic nitrogens is 1. The van der Waals surface area contributed by atoms with E-state index >= 15 is 4.39 Å². The van der Waals surface area contributed by atoms with Crippen LogP contribution < -0.4 is 14.8 Å². The first-order valence-corrected chi connectivity index (χ1v) is 17.4. The molecule has 0 spiro atoms. The quantitative estimate of drug-likeness (QED) is 0.209. The van der Waals surface area contributed by atoms with E-state index in [1.807, 2.05) is 13.8 Å². The van der Waals surface area contributed by atoms with Gasteiger partial charge in [0.1, 0.15) is 22.9 Å². The number of carbonyl (C=O) groups excluding carboxylic acids is 2. The van der Waals surface area contributed by atoms with Crippen molar-refractivity contribution in [2.24, 2.45) is 17.3 Å². The Morgan fingerprint density at radius 1 is 1.13 bits per heavy atom. The zero-order valence-corrected chi connectivity index (χ0v) is 30.0. The highest BCUT2D eigenvalue weighted by molar-refractivity contribution is 9.10. The van der Waals surface area contributed by atoms with Crippen molar-refractivity contribution in [1.29, 1.82) is 0 Å². The molecular formula is C35H47BrFN3O7. The number of rotatable bonds is 12. The Labute approximate surface area is 284 Å². The van der Waals surface area contributed by atoms with Gasteiger partial charge in [-0.1, -0.05) is 47.5 Å². The van der Waals surface area contributed by atoms with Gasteiger partial charge in [0.15, 0.2) is 17.1 Å². The predicted molar refractivity (Wildman–Crippen MR) is 178 cm³/mol. The number of halogens is 2. The van der Waals surface area contributed by atoms with Gasteiger partial charge in [0.05, 0.1) is 29.3 Å². The number of Topliss-reactive ketones (excluding diaryl/α,β-unsaturated/α-hetero) is 2. The number of ketones is 2. The predicted octanol–water partition coefficient (Wildman–Crippen LogP) is 6.49. The van der Waals surface area contributed by atoms with Crippen LogP contribution >= 0.6 is 15.9 Å². The SMILES string of the molecule is CCCCOc1noc2c1C(=O)[C@@]1(O)C(O)=C3C(=O)c4c(c(F)c(CNCC(C)(C)C)c(Br)c4OCCCC)C[C@H]3C[C@H]1[C@@H]2N(C)C. The number of allylic oxidation sites excluding steroid dienone is 1. The molecule has 0 saturated heterocycles. The van der Waals surface area contributed by atoms with Gasteiger partial charge in [-0.25, -0.2) is 4.39 Å². The maximum atomic E-state index is 16.5. The largest absolute Gasteiger partial charge is 0.508 e. The molecule has 3 N–H and O–H groups in total. The van der Waals surface area contributed by atoms with E-state index in [-0.39, 0.29) is 71.1 Å². The lowest BCUT2D eigenvalue weighted by atomic mass is 9.58. The van der Waals surface area contributed by atoms with Gasteiger partial charge in [-0.05, 0) is 72.2 Å². The Balaban J connectivity index is 1.64. The van der Waals surface area contributed by atoms with E-state index in [0.29, 0.717) is 36.0 Å². The maximum absolute atomic E-state index is 16.5. The maximum Gasteiger partial charge on any atom is 0.265 e. The second-order valence-electron chi connectivity index (χ2n) is 14.4. The lowest BCUT2D eigenvalue weighted by Crippen LogP contribution is -2.59. The van der Waals surface area contributed by atoms with Gasteiger partial charge < -0.3 is 29.5 Å². The molecule has 2 aromatic rings. The Hall–Kier alpha value is -2.80. The van der Waals surface area contributed by atoms with Crippen molar-refractivity contribution in [1.82, 2.24) is 15.4 Å². The molecule has 47 heavy (non-hydrogen) atoms. The minimum absolute atomic E-state index is 0.00609. The van der Waals surface area contributed by atoms with Crippen LogP contribution in [0.1, 0.15) is 110 Å². The molecule has 0 saturated carbocycles. The molecular weight excluding hydrogens is 673 g/mol. The molecule has 1 aromatic heterocycles. The number of hydrogen-bond donors (Lipinski definition) is 3. The molecule has 0 unspecified atom stereocenters. The summed E-state index contributed by atoms with van der Waals surface area (Å²) in [4.78, 5) is 30.5. The molecule has 12 heteroatoms. The van der Waals surface area contributed by atoms with Gasteiger partial charge in [0, 0.05) is 35.7 Å². The lowest BCUT2D eigenvalue weighted by Gasteiger charge is -2.49. The van der Waals surface area contributed by atoms with Crippen molar-refractivity contribution in [2.75, 3.05) is 33.9 Å². The third-order valence-corrected chi connectivity index (χ3v) is 10.3. The first-order chi connectivity index (χ1) is 22.2. The van der Waals surface area contributed by atoms with Crippen molar-refractivity contribution in [3.63, 3.8) is 0 Å². The Kier molecular flexibility index (Phi) is 10.3. The number of nitrogens with one attached hydrogen (secondary N) is 1. The number of ether oxygens (including phenoxy) is 2. The van der Waals surface area contributed by atoms with E-state index in [0.717, 1.165) is 12.8 Å². The Morgan fingerprint density at radius 3 is 2.40 bits per heavy atom. The van der Waals surface area contributed by atoms with E-state index in [2.05, 4.69) is 47.2 Å². The van der Waals surface area contributed by atoms with Crippen LogP contribution in [0.3, 0.4) is 0 Å². The zero-order chi connectivity index (χ0) is 34.4. The summed E-state index contributed by atoms with van der Waals surface area (Å²) in [6.45, 7) is 11.7. The highest BCUT2D eigenvalue weighted by atomic mass is 79.9. The molecule has 10 nitrogen and oxygen atoms in total.